The van der Waals surface area contributed by atoms with E-state index in [2.05, 4.69) is 9.97 Å². The van der Waals surface area contributed by atoms with Crippen LogP contribution in [0.2, 0.25) is 5.02 Å². The lowest BCUT2D eigenvalue weighted by Crippen LogP contribution is -1.89. The summed E-state index contributed by atoms with van der Waals surface area (Å²) < 4.78 is 0. The first-order valence-electron chi connectivity index (χ1n) is 4.31. The van der Waals surface area contributed by atoms with Crippen LogP contribution < -0.4 is 0 Å². The Balaban J connectivity index is 2.44. The number of hydrogen-bond acceptors (Lipinski definition) is 2. The van der Waals surface area contributed by atoms with Gasteiger partial charge >= 0.3 is 0 Å². The van der Waals surface area contributed by atoms with Gasteiger partial charge in [0, 0.05) is 16.8 Å². The van der Waals surface area contributed by atoms with Gasteiger partial charge in [-0.1, -0.05) is 23.7 Å². The smallest absolute Gasteiger partial charge is 0.125 e. The van der Waals surface area contributed by atoms with E-state index >= 15 is 0 Å². The maximum atomic E-state index is 5.80. The minimum absolute atomic E-state index is 0.736. The van der Waals surface area contributed by atoms with Crippen LogP contribution in [0.5, 0.6) is 0 Å². The minimum Gasteiger partial charge on any atom is -0.242 e. The minimum atomic E-state index is 0.736. The van der Waals surface area contributed by atoms with E-state index in [1.807, 2.05) is 37.3 Å². The third-order valence-electron chi connectivity index (χ3n) is 1.92. The third-order valence-corrected chi connectivity index (χ3v) is 2.17. The van der Waals surface area contributed by atoms with Crippen LogP contribution in [0.15, 0.2) is 36.5 Å². The molecule has 0 atom stereocenters. The first-order chi connectivity index (χ1) is 6.75. The predicted molar refractivity (Wildman–Crippen MR) is 57.2 cm³/mol. The summed E-state index contributed by atoms with van der Waals surface area (Å²) in [6, 6.07) is 9.49. The van der Waals surface area contributed by atoms with E-state index in [1.54, 1.807) is 6.20 Å². The molecule has 0 saturated heterocycles. The zero-order valence-electron chi connectivity index (χ0n) is 7.74. The van der Waals surface area contributed by atoms with E-state index < -0.39 is 0 Å². The summed E-state index contributed by atoms with van der Waals surface area (Å²) >= 11 is 5.80. The third kappa shape index (κ3) is 1.91. The van der Waals surface area contributed by atoms with Gasteiger partial charge in [0.25, 0.3) is 0 Å². The molecule has 1 heterocycles. The van der Waals surface area contributed by atoms with Gasteiger partial charge in [-0.25, -0.2) is 9.97 Å². The molecule has 0 N–H and O–H groups in total. The van der Waals surface area contributed by atoms with Gasteiger partial charge in [0.2, 0.25) is 0 Å². The second-order valence-corrected chi connectivity index (χ2v) is 3.43. The van der Waals surface area contributed by atoms with Crippen LogP contribution in [0.25, 0.3) is 11.3 Å². The molecule has 0 bridgehead atoms. The Morgan fingerprint density at radius 2 is 1.79 bits per heavy atom. The molecule has 0 aliphatic carbocycles. The van der Waals surface area contributed by atoms with E-state index in [0.29, 0.717) is 0 Å². The maximum Gasteiger partial charge on any atom is 0.125 e. The molecular formula is C11H9ClN2. The van der Waals surface area contributed by atoms with E-state index in [-0.39, 0.29) is 0 Å². The van der Waals surface area contributed by atoms with E-state index in [1.165, 1.54) is 0 Å². The molecule has 0 fully saturated rings. The molecule has 70 valence electrons. The van der Waals surface area contributed by atoms with Crippen molar-refractivity contribution in [3.05, 3.63) is 47.4 Å². The number of hydrogen-bond donors (Lipinski definition) is 0. The van der Waals surface area contributed by atoms with Crippen molar-refractivity contribution in [2.75, 3.05) is 0 Å². The average Bonchev–Trinajstić information content (AvgIpc) is 2.19. The molecule has 14 heavy (non-hydrogen) atoms. The van der Waals surface area contributed by atoms with Crippen molar-refractivity contribution in [1.82, 2.24) is 9.97 Å². The van der Waals surface area contributed by atoms with E-state index in [4.69, 9.17) is 11.6 Å². The topological polar surface area (TPSA) is 25.8 Å². The summed E-state index contributed by atoms with van der Waals surface area (Å²) in [6.45, 7) is 1.87. The van der Waals surface area contributed by atoms with Crippen molar-refractivity contribution in [2.45, 2.75) is 6.92 Å². The van der Waals surface area contributed by atoms with Crippen LogP contribution in [-0.2, 0) is 0 Å². The Hall–Kier alpha value is -1.41. The molecule has 0 amide bonds. The Morgan fingerprint density at radius 3 is 2.43 bits per heavy atom. The van der Waals surface area contributed by atoms with Crippen molar-refractivity contribution in [3.8, 4) is 11.3 Å². The summed E-state index contributed by atoms with van der Waals surface area (Å²) in [5.74, 6) is 0.775. The molecule has 0 radical (unpaired) electrons. The largest absolute Gasteiger partial charge is 0.242 e. The fraction of sp³-hybridized carbons (Fsp3) is 0.0909. The number of halogens is 1. The van der Waals surface area contributed by atoms with Crippen LogP contribution >= 0.6 is 11.6 Å². The van der Waals surface area contributed by atoms with Gasteiger partial charge in [0.1, 0.15) is 5.82 Å². The monoisotopic (exact) mass is 204 g/mol. The molecule has 0 aliphatic rings. The first kappa shape index (κ1) is 9.16. The van der Waals surface area contributed by atoms with Crippen molar-refractivity contribution in [1.29, 1.82) is 0 Å². The van der Waals surface area contributed by atoms with Crippen LogP contribution in [-0.4, -0.2) is 9.97 Å². The summed E-state index contributed by atoms with van der Waals surface area (Å²) in [6.07, 6.45) is 1.76. The van der Waals surface area contributed by atoms with Crippen LogP contribution in [0, 0.1) is 6.92 Å². The zero-order valence-corrected chi connectivity index (χ0v) is 8.49. The molecule has 0 spiro atoms. The average molecular weight is 205 g/mol. The number of aryl methyl sites for hydroxylation is 1. The van der Waals surface area contributed by atoms with Gasteiger partial charge in [0.05, 0.1) is 5.69 Å². The van der Waals surface area contributed by atoms with Crippen LogP contribution in [0.4, 0.5) is 0 Å². The molecule has 1 aromatic heterocycles. The molecule has 2 rings (SSSR count). The second kappa shape index (κ2) is 3.76. The lowest BCUT2D eigenvalue weighted by atomic mass is 10.1. The Labute approximate surface area is 87.6 Å². The Bertz CT molecular complexity index is 437. The highest BCUT2D eigenvalue weighted by atomic mass is 35.5. The van der Waals surface area contributed by atoms with Crippen molar-refractivity contribution in [3.63, 3.8) is 0 Å². The molecule has 0 saturated carbocycles. The van der Waals surface area contributed by atoms with Crippen molar-refractivity contribution < 1.29 is 0 Å². The molecule has 2 nitrogen and oxygen atoms in total. The molecule has 1 aromatic carbocycles. The van der Waals surface area contributed by atoms with Gasteiger partial charge in [0.15, 0.2) is 0 Å². The Morgan fingerprint density at radius 1 is 1.07 bits per heavy atom. The number of benzene rings is 1. The molecule has 2 aromatic rings. The number of aromatic nitrogens is 2. The van der Waals surface area contributed by atoms with Gasteiger partial charge in [-0.3, -0.25) is 0 Å². The fourth-order valence-electron chi connectivity index (χ4n) is 1.24. The summed E-state index contributed by atoms with van der Waals surface area (Å²) in [4.78, 5) is 8.36. The molecule has 0 aliphatic heterocycles. The van der Waals surface area contributed by atoms with Gasteiger partial charge in [-0.2, -0.15) is 0 Å². The highest BCUT2D eigenvalue weighted by Gasteiger charge is 1.98. The lowest BCUT2D eigenvalue weighted by Gasteiger charge is -2.00. The second-order valence-electron chi connectivity index (χ2n) is 3.00. The standard InChI is InChI=1S/C11H9ClN2/c1-8-13-7-6-11(14-8)9-2-4-10(12)5-3-9/h2-7H,1H3. The predicted octanol–water partition coefficient (Wildman–Crippen LogP) is 3.11. The molecular weight excluding hydrogens is 196 g/mol. The highest BCUT2D eigenvalue weighted by Crippen LogP contribution is 2.18. The van der Waals surface area contributed by atoms with Gasteiger partial charge in [-0.15, -0.1) is 0 Å². The summed E-state index contributed by atoms with van der Waals surface area (Å²) in [5.41, 5.74) is 1.98. The maximum absolute atomic E-state index is 5.80. The number of rotatable bonds is 1. The number of nitrogens with zero attached hydrogens (tertiary/aromatic N) is 2. The normalized spacial score (nSPS) is 10.1. The van der Waals surface area contributed by atoms with Crippen molar-refractivity contribution in [2.24, 2.45) is 0 Å². The van der Waals surface area contributed by atoms with Crippen LogP contribution in [0.1, 0.15) is 5.82 Å². The van der Waals surface area contributed by atoms with Gasteiger partial charge in [-0.05, 0) is 25.1 Å². The summed E-state index contributed by atoms with van der Waals surface area (Å²) in [5, 5.41) is 0.736. The van der Waals surface area contributed by atoms with E-state index in [9.17, 15) is 0 Å². The fourth-order valence-corrected chi connectivity index (χ4v) is 1.36. The highest BCUT2D eigenvalue weighted by molar-refractivity contribution is 6.30. The zero-order chi connectivity index (χ0) is 9.97. The first-order valence-corrected chi connectivity index (χ1v) is 4.69. The van der Waals surface area contributed by atoms with Gasteiger partial charge < -0.3 is 0 Å². The quantitative estimate of drug-likeness (QED) is 0.714. The lowest BCUT2D eigenvalue weighted by molar-refractivity contribution is 1.06. The molecule has 3 heteroatoms. The molecule has 0 unspecified atom stereocenters. The van der Waals surface area contributed by atoms with Crippen LogP contribution in [0.3, 0.4) is 0 Å². The van der Waals surface area contributed by atoms with Crippen molar-refractivity contribution >= 4 is 11.6 Å². The SMILES string of the molecule is Cc1nccc(-c2ccc(Cl)cc2)n1. The Kier molecular flexibility index (Phi) is 2.46. The van der Waals surface area contributed by atoms with E-state index in [0.717, 1.165) is 22.1 Å². The summed E-state index contributed by atoms with van der Waals surface area (Å²) in [7, 11) is 0.